The zero-order valence-corrected chi connectivity index (χ0v) is 13.1. The average Bonchev–Trinajstić information content (AvgIpc) is 2.86. The lowest BCUT2D eigenvalue weighted by molar-refractivity contribution is 0.285. The minimum Gasteiger partial charge on any atom is -0.486 e. The molecule has 1 aromatic heterocycles. The lowest BCUT2D eigenvalue weighted by Gasteiger charge is -2.11. The van der Waals surface area contributed by atoms with Crippen molar-refractivity contribution in [1.29, 1.82) is 0 Å². The van der Waals surface area contributed by atoms with Gasteiger partial charge in [-0.15, -0.1) is 10.2 Å². The molecule has 1 aromatic carbocycles. The van der Waals surface area contributed by atoms with Gasteiger partial charge in [-0.25, -0.2) is 0 Å². The number of aromatic nitrogens is 3. The predicted octanol–water partition coefficient (Wildman–Crippen LogP) is 3.63. The van der Waals surface area contributed by atoms with E-state index in [1.165, 1.54) is 0 Å². The smallest absolute Gasteiger partial charge is 0.191 e. The molecule has 2 aromatic rings. The number of benzene rings is 1. The summed E-state index contributed by atoms with van der Waals surface area (Å²) >= 11 is 1.62. The highest BCUT2D eigenvalue weighted by Crippen LogP contribution is 2.17. The summed E-state index contributed by atoms with van der Waals surface area (Å²) in [5.74, 6) is 2.41. The number of para-hydroxylation sites is 1. The Bertz CT molecular complexity index is 525. The maximum Gasteiger partial charge on any atom is 0.191 e. The molecule has 0 amide bonds. The van der Waals surface area contributed by atoms with E-state index >= 15 is 0 Å². The van der Waals surface area contributed by atoms with Gasteiger partial charge in [-0.1, -0.05) is 43.8 Å². The third kappa shape index (κ3) is 4.00. The Morgan fingerprint density at radius 2 is 1.95 bits per heavy atom. The Hall–Kier alpha value is -1.49. The van der Waals surface area contributed by atoms with Crippen molar-refractivity contribution in [2.75, 3.05) is 6.26 Å². The highest BCUT2D eigenvalue weighted by atomic mass is 32.2. The van der Waals surface area contributed by atoms with E-state index in [1.54, 1.807) is 11.8 Å². The standard InChI is InChI=1S/C15H21N3OS/c1-12(2)9-10-18-14(16-17-15(18)20-3)11-19-13-7-5-4-6-8-13/h4-8,12H,9-11H2,1-3H3. The van der Waals surface area contributed by atoms with Crippen LogP contribution in [0.3, 0.4) is 0 Å². The molecule has 5 heteroatoms. The Kier molecular flexibility index (Phi) is 5.47. The number of nitrogens with zero attached hydrogens (tertiary/aromatic N) is 3. The molecule has 20 heavy (non-hydrogen) atoms. The van der Waals surface area contributed by atoms with E-state index in [0.717, 1.165) is 29.7 Å². The highest BCUT2D eigenvalue weighted by molar-refractivity contribution is 7.98. The molecule has 0 aliphatic carbocycles. The maximum absolute atomic E-state index is 5.76. The van der Waals surface area contributed by atoms with Gasteiger partial charge in [0.15, 0.2) is 11.0 Å². The fourth-order valence-electron chi connectivity index (χ4n) is 1.85. The minimum atomic E-state index is 0.454. The number of hydrogen-bond donors (Lipinski definition) is 0. The molecule has 0 spiro atoms. The maximum atomic E-state index is 5.76. The van der Waals surface area contributed by atoms with Crippen molar-refractivity contribution < 1.29 is 4.74 Å². The molecule has 0 saturated carbocycles. The third-order valence-electron chi connectivity index (χ3n) is 3.02. The Morgan fingerprint density at radius 1 is 1.20 bits per heavy atom. The van der Waals surface area contributed by atoms with Gasteiger partial charge in [-0.05, 0) is 30.7 Å². The van der Waals surface area contributed by atoms with Crippen LogP contribution >= 0.6 is 11.8 Å². The van der Waals surface area contributed by atoms with Crippen LogP contribution < -0.4 is 4.74 Å². The first-order valence-corrected chi connectivity index (χ1v) is 8.07. The molecule has 2 rings (SSSR count). The fraction of sp³-hybridized carbons (Fsp3) is 0.467. The number of ether oxygens (including phenoxy) is 1. The van der Waals surface area contributed by atoms with Gasteiger partial charge in [-0.3, -0.25) is 0 Å². The molecule has 0 saturated heterocycles. The van der Waals surface area contributed by atoms with E-state index in [1.807, 2.05) is 36.6 Å². The van der Waals surface area contributed by atoms with Crippen LogP contribution in [-0.4, -0.2) is 21.0 Å². The molecular formula is C15H21N3OS. The molecule has 0 aliphatic rings. The lowest BCUT2D eigenvalue weighted by Crippen LogP contribution is -2.10. The molecule has 0 atom stereocenters. The summed E-state index contributed by atoms with van der Waals surface area (Å²) in [6.45, 7) is 5.84. The summed E-state index contributed by atoms with van der Waals surface area (Å²) in [4.78, 5) is 0. The van der Waals surface area contributed by atoms with E-state index in [4.69, 9.17) is 4.74 Å². The van der Waals surface area contributed by atoms with E-state index in [2.05, 4.69) is 28.6 Å². The monoisotopic (exact) mass is 291 g/mol. The van der Waals surface area contributed by atoms with Crippen molar-refractivity contribution in [1.82, 2.24) is 14.8 Å². The van der Waals surface area contributed by atoms with Gasteiger partial charge in [0, 0.05) is 6.54 Å². The molecule has 0 radical (unpaired) electrons. The van der Waals surface area contributed by atoms with Crippen LogP contribution in [0, 0.1) is 5.92 Å². The Labute approximate surface area is 124 Å². The van der Waals surface area contributed by atoms with Crippen LogP contribution in [-0.2, 0) is 13.2 Å². The van der Waals surface area contributed by atoms with E-state index in [0.29, 0.717) is 12.5 Å². The van der Waals surface area contributed by atoms with Crippen LogP contribution in [0.4, 0.5) is 0 Å². The molecule has 108 valence electrons. The number of rotatable bonds is 7. The van der Waals surface area contributed by atoms with Crippen molar-refractivity contribution in [2.24, 2.45) is 5.92 Å². The zero-order valence-electron chi connectivity index (χ0n) is 12.2. The number of hydrogen-bond acceptors (Lipinski definition) is 4. The molecule has 0 aliphatic heterocycles. The molecule has 0 unspecified atom stereocenters. The largest absolute Gasteiger partial charge is 0.486 e. The molecule has 0 bridgehead atoms. The summed E-state index contributed by atoms with van der Waals surface area (Å²) in [6, 6.07) is 9.80. The van der Waals surface area contributed by atoms with Crippen LogP contribution in [0.15, 0.2) is 35.5 Å². The van der Waals surface area contributed by atoms with Crippen LogP contribution in [0.1, 0.15) is 26.1 Å². The van der Waals surface area contributed by atoms with Gasteiger partial charge in [0.05, 0.1) is 0 Å². The van der Waals surface area contributed by atoms with E-state index in [-0.39, 0.29) is 0 Å². The van der Waals surface area contributed by atoms with Crippen molar-refractivity contribution in [2.45, 2.75) is 38.6 Å². The first-order chi connectivity index (χ1) is 9.70. The molecule has 4 nitrogen and oxygen atoms in total. The second-order valence-electron chi connectivity index (χ2n) is 5.04. The highest BCUT2D eigenvalue weighted by Gasteiger charge is 2.12. The summed E-state index contributed by atoms with van der Waals surface area (Å²) in [5, 5.41) is 9.42. The predicted molar refractivity (Wildman–Crippen MR) is 82.0 cm³/mol. The first kappa shape index (κ1) is 14.9. The third-order valence-corrected chi connectivity index (χ3v) is 3.68. The van der Waals surface area contributed by atoms with Crippen molar-refractivity contribution in [3.05, 3.63) is 36.2 Å². The second-order valence-corrected chi connectivity index (χ2v) is 5.81. The Balaban J connectivity index is 2.05. The normalized spacial score (nSPS) is 11.0. The van der Waals surface area contributed by atoms with Gasteiger partial charge in [0.2, 0.25) is 0 Å². The van der Waals surface area contributed by atoms with Gasteiger partial charge in [-0.2, -0.15) is 0 Å². The summed E-state index contributed by atoms with van der Waals surface area (Å²) in [6.07, 6.45) is 3.14. The van der Waals surface area contributed by atoms with Crippen LogP contribution in [0.2, 0.25) is 0 Å². The zero-order chi connectivity index (χ0) is 14.4. The topological polar surface area (TPSA) is 39.9 Å². The molecule has 0 N–H and O–H groups in total. The lowest BCUT2D eigenvalue weighted by atomic mass is 10.1. The molecular weight excluding hydrogens is 270 g/mol. The molecule has 1 heterocycles. The minimum absolute atomic E-state index is 0.454. The average molecular weight is 291 g/mol. The van der Waals surface area contributed by atoms with Crippen molar-refractivity contribution in [3.8, 4) is 5.75 Å². The first-order valence-electron chi connectivity index (χ1n) is 6.84. The quantitative estimate of drug-likeness (QED) is 0.730. The molecule has 0 fully saturated rings. The second kappa shape index (κ2) is 7.33. The van der Waals surface area contributed by atoms with Gasteiger partial charge in [0.25, 0.3) is 0 Å². The van der Waals surface area contributed by atoms with Crippen molar-refractivity contribution >= 4 is 11.8 Å². The number of thioether (sulfide) groups is 1. The van der Waals surface area contributed by atoms with Gasteiger partial charge < -0.3 is 9.30 Å². The summed E-state index contributed by atoms with van der Waals surface area (Å²) in [7, 11) is 0. The van der Waals surface area contributed by atoms with Gasteiger partial charge >= 0.3 is 0 Å². The fourth-order valence-corrected chi connectivity index (χ4v) is 2.39. The van der Waals surface area contributed by atoms with Crippen LogP contribution in [0.25, 0.3) is 0 Å². The van der Waals surface area contributed by atoms with Gasteiger partial charge in [0.1, 0.15) is 12.4 Å². The van der Waals surface area contributed by atoms with Crippen molar-refractivity contribution in [3.63, 3.8) is 0 Å². The summed E-state index contributed by atoms with van der Waals surface area (Å²) in [5.41, 5.74) is 0. The SMILES string of the molecule is CSc1nnc(COc2ccccc2)n1CCC(C)C. The summed E-state index contributed by atoms with van der Waals surface area (Å²) < 4.78 is 7.93. The Morgan fingerprint density at radius 3 is 2.60 bits per heavy atom. The van der Waals surface area contributed by atoms with E-state index < -0.39 is 0 Å². The van der Waals surface area contributed by atoms with Crippen LogP contribution in [0.5, 0.6) is 5.75 Å². The van der Waals surface area contributed by atoms with E-state index in [9.17, 15) is 0 Å².